The summed E-state index contributed by atoms with van der Waals surface area (Å²) in [6.07, 6.45) is 1.31. The van der Waals surface area contributed by atoms with Crippen molar-refractivity contribution >= 4 is 34.2 Å². The van der Waals surface area contributed by atoms with Gasteiger partial charge in [-0.2, -0.15) is 4.98 Å². The Kier molecular flexibility index (Phi) is 7.89. The van der Waals surface area contributed by atoms with Crippen LogP contribution in [0.2, 0.25) is 5.02 Å². The van der Waals surface area contributed by atoms with Gasteiger partial charge in [0.1, 0.15) is 11.6 Å². The molecule has 0 bridgehead atoms. The van der Waals surface area contributed by atoms with Crippen LogP contribution in [0.15, 0.2) is 78.1 Å². The van der Waals surface area contributed by atoms with Gasteiger partial charge in [-0.3, -0.25) is 9.36 Å². The van der Waals surface area contributed by atoms with Gasteiger partial charge in [-0.1, -0.05) is 62.4 Å². The Morgan fingerprint density at radius 1 is 1.07 bits per heavy atom. The molecule has 0 N–H and O–H groups in total. The van der Waals surface area contributed by atoms with Crippen LogP contribution in [0.5, 0.6) is 5.75 Å². The first kappa shape index (κ1) is 27.4. The van der Waals surface area contributed by atoms with E-state index in [0.717, 1.165) is 22.4 Å². The highest BCUT2D eigenvalue weighted by Crippen LogP contribution is 2.37. The summed E-state index contributed by atoms with van der Waals surface area (Å²) in [6.45, 7) is 8.74. The third-order valence-electron chi connectivity index (χ3n) is 7.18. The number of carbonyl (C=O) groups is 1. The predicted molar refractivity (Wildman–Crippen MR) is 157 cm³/mol. The molecular weight excluding hydrogens is 531 g/mol. The molecule has 0 atom stereocenters. The maximum Gasteiger partial charge on any atom is 0.354 e. The van der Waals surface area contributed by atoms with Crippen LogP contribution in [0.1, 0.15) is 25.3 Å². The lowest BCUT2D eigenvalue weighted by Gasteiger charge is -2.35. The molecule has 3 aromatic carbocycles. The number of amides is 1. The van der Waals surface area contributed by atoms with Crippen molar-refractivity contribution in [2.24, 2.45) is 0 Å². The van der Waals surface area contributed by atoms with Crippen LogP contribution in [-0.4, -0.2) is 53.4 Å². The third kappa shape index (κ3) is 5.19. The largest absolute Gasteiger partial charge is 0.463 e. The molecule has 0 saturated carbocycles. The number of anilines is 1. The number of hydrogen-bond acceptors (Lipinski definition) is 5. The molecule has 0 radical (unpaired) electrons. The molecule has 9 heteroatoms. The van der Waals surface area contributed by atoms with E-state index in [2.05, 4.69) is 25.4 Å². The van der Waals surface area contributed by atoms with Gasteiger partial charge < -0.3 is 14.5 Å². The van der Waals surface area contributed by atoms with Gasteiger partial charge in [0, 0.05) is 26.2 Å². The molecule has 40 heavy (non-hydrogen) atoms. The number of halogens is 2. The average Bonchev–Trinajstić information content (AvgIpc) is 2.96. The topological polar surface area (TPSA) is 67.7 Å². The monoisotopic (exact) mass is 560 g/mol. The number of piperazine rings is 1. The lowest BCUT2D eigenvalue weighted by atomic mass is 10.00. The van der Waals surface area contributed by atoms with Gasteiger partial charge in [-0.25, -0.2) is 9.18 Å². The van der Waals surface area contributed by atoms with Crippen molar-refractivity contribution in [2.75, 3.05) is 37.9 Å². The summed E-state index contributed by atoms with van der Waals surface area (Å²) in [5.41, 5.74) is 3.42. The van der Waals surface area contributed by atoms with Crippen molar-refractivity contribution in [3.63, 3.8) is 0 Å². The van der Waals surface area contributed by atoms with E-state index in [-0.39, 0.29) is 11.8 Å². The fourth-order valence-corrected chi connectivity index (χ4v) is 5.49. The number of hydrogen-bond donors (Lipinski definition) is 0. The highest BCUT2D eigenvalue weighted by molar-refractivity contribution is 6.36. The number of alkyl halides is 1. The molecule has 7 nitrogen and oxygen atoms in total. The van der Waals surface area contributed by atoms with Crippen LogP contribution in [0.4, 0.5) is 10.2 Å². The second-order valence-corrected chi connectivity index (χ2v) is 10.3. The molecule has 0 aliphatic carbocycles. The van der Waals surface area contributed by atoms with Gasteiger partial charge in [-0.05, 0) is 59.0 Å². The van der Waals surface area contributed by atoms with Crippen molar-refractivity contribution in [3.05, 3.63) is 94.4 Å². The fraction of sp³-hybridized carbons (Fsp3) is 0.258. The molecule has 1 aromatic heterocycles. The van der Waals surface area contributed by atoms with Crippen molar-refractivity contribution in [1.82, 2.24) is 14.5 Å². The van der Waals surface area contributed by atoms with Crippen LogP contribution in [-0.2, 0) is 4.79 Å². The van der Waals surface area contributed by atoms with E-state index < -0.39 is 12.6 Å². The van der Waals surface area contributed by atoms with E-state index in [9.17, 15) is 14.0 Å². The van der Waals surface area contributed by atoms with Crippen LogP contribution in [0.3, 0.4) is 0 Å². The minimum Gasteiger partial charge on any atom is -0.463 e. The fourth-order valence-electron chi connectivity index (χ4n) is 5.19. The highest BCUT2D eigenvalue weighted by Gasteiger charge is 2.26. The summed E-state index contributed by atoms with van der Waals surface area (Å²) in [4.78, 5) is 34.2. The minimum atomic E-state index is -0.936. The Morgan fingerprint density at radius 2 is 1.82 bits per heavy atom. The molecule has 0 spiro atoms. The Bertz CT molecular complexity index is 1640. The maximum absolute atomic E-state index is 13.8. The van der Waals surface area contributed by atoms with Gasteiger partial charge in [0.25, 0.3) is 0 Å². The smallest absolute Gasteiger partial charge is 0.354 e. The molecule has 5 rings (SSSR count). The predicted octanol–water partition coefficient (Wildman–Crippen LogP) is 5.97. The van der Waals surface area contributed by atoms with Gasteiger partial charge in [0.05, 0.1) is 21.6 Å². The van der Waals surface area contributed by atoms with Gasteiger partial charge >= 0.3 is 5.69 Å². The number of nitrogens with zero attached hydrogens (tertiary/aromatic N) is 4. The molecule has 1 amide bonds. The number of para-hydroxylation sites is 1. The lowest BCUT2D eigenvalue weighted by Crippen LogP contribution is -2.49. The third-order valence-corrected chi connectivity index (χ3v) is 7.48. The Labute approximate surface area is 237 Å². The van der Waals surface area contributed by atoms with Crippen molar-refractivity contribution in [1.29, 1.82) is 0 Å². The van der Waals surface area contributed by atoms with Crippen molar-refractivity contribution in [2.45, 2.75) is 19.8 Å². The molecule has 2 heterocycles. The van der Waals surface area contributed by atoms with E-state index in [1.54, 1.807) is 27.7 Å². The first-order chi connectivity index (χ1) is 19.3. The molecule has 1 aliphatic heterocycles. The summed E-state index contributed by atoms with van der Waals surface area (Å²) in [6, 6.07) is 18.6. The second kappa shape index (κ2) is 11.5. The van der Waals surface area contributed by atoms with Gasteiger partial charge in [-0.15, -0.1) is 0 Å². The Balaban J connectivity index is 1.74. The number of fused-ring (bicyclic) bond motifs is 1. The SMILES string of the molecule is C=CC(=O)N1CCN(c2nc(=O)n(-c3ccccc3C(C)C)c3cc(-c4cccc(OCF)c4)cc(Cl)c23)CC1. The normalized spacial score (nSPS) is 13.6. The van der Waals surface area contributed by atoms with Gasteiger partial charge in [0.15, 0.2) is 0 Å². The Hall–Kier alpha value is -4.17. The second-order valence-electron chi connectivity index (χ2n) is 9.92. The molecule has 1 fully saturated rings. The minimum absolute atomic E-state index is 0.125. The summed E-state index contributed by atoms with van der Waals surface area (Å²) < 4.78 is 19.5. The zero-order valence-corrected chi connectivity index (χ0v) is 23.2. The quantitative estimate of drug-likeness (QED) is 0.261. The molecule has 1 aliphatic rings. The number of aromatic nitrogens is 2. The van der Waals surface area contributed by atoms with Crippen LogP contribution in [0.25, 0.3) is 27.7 Å². The van der Waals surface area contributed by atoms with E-state index in [4.69, 9.17) is 16.3 Å². The first-order valence-electron chi connectivity index (χ1n) is 13.1. The number of benzene rings is 3. The summed E-state index contributed by atoms with van der Waals surface area (Å²) in [5, 5.41) is 1.07. The molecule has 1 saturated heterocycles. The molecular formula is C31H30ClFN4O3. The van der Waals surface area contributed by atoms with E-state index in [0.29, 0.717) is 53.7 Å². The van der Waals surface area contributed by atoms with Crippen LogP contribution in [0, 0.1) is 0 Å². The number of ether oxygens (including phenoxy) is 1. The van der Waals surface area contributed by atoms with Gasteiger partial charge in [0.2, 0.25) is 12.8 Å². The van der Waals surface area contributed by atoms with Crippen molar-refractivity contribution in [3.8, 4) is 22.6 Å². The van der Waals surface area contributed by atoms with Crippen LogP contribution >= 0.6 is 11.6 Å². The number of rotatable bonds is 7. The molecule has 4 aromatic rings. The Morgan fingerprint density at radius 3 is 2.52 bits per heavy atom. The molecule has 206 valence electrons. The summed E-state index contributed by atoms with van der Waals surface area (Å²) >= 11 is 7.00. The zero-order chi connectivity index (χ0) is 28.4. The van der Waals surface area contributed by atoms with E-state index in [1.165, 1.54) is 6.08 Å². The summed E-state index contributed by atoms with van der Waals surface area (Å²) in [7, 11) is 0. The van der Waals surface area contributed by atoms with Crippen LogP contribution < -0.4 is 15.3 Å². The standard InChI is InChI=1S/C31H30ClFN4O3/c1-4-28(38)35-12-14-36(15-13-35)30-29-25(32)17-22(21-8-7-9-23(16-21)40-19-33)18-27(29)37(31(39)34-30)26-11-6-5-10-24(26)20(2)3/h4-11,16-18,20H,1,12-15,19H2,2-3H3. The average molecular weight is 561 g/mol. The van der Waals surface area contributed by atoms with Crippen molar-refractivity contribution < 1.29 is 13.9 Å². The highest BCUT2D eigenvalue weighted by atomic mass is 35.5. The number of carbonyl (C=O) groups excluding carboxylic acids is 1. The summed E-state index contributed by atoms with van der Waals surface area (Å²) in [5.74, 6) is 0.900. The van der Waals surface area contributed by atoms with E-state index in [1.807, 2.05) is 47.4 Å². The zero-order valence-electron chi connectivity index (χ0n) is 22.4. The lowest BCUT2D eigenvalue weighted by molar-refractivity contribution is -0.126. The maximum atomic E-state index is 13.8. The first-order valence-corrected chi connectivity index (χ1v) is 13.5. The van der Waals surface area contributed by atoms with E-state index >= 15 is 0 Å². The molecule has 0 unspecified atom stereocenters.